The number of hydrogen-bond donors (Lipinski definition) is 1. The van der Waals surface area contributed by atoms with E-state index >= 15 is 0 Å². The third kappa shape index (κ3) is 6.37. The fourth-order valence-electron chi connectivity index (χ4n) is 3.66. The number of anilines is 1. The Hall–Kier alpha value is -3.07. The van der Waals surface area contributed by atoms with Crippen molar-refractivity contribution < 1.29 is 18.0 Å². The molecule has 1 atom stereocenters. The molecule has 0 saturated heterocycles. The average Bonchev–Trinajstić information content (AvgIpc) is 2.87. The number of hydrogen-bond acceptors (Lipinski definition) is 4. The van der Waals surface area contributed by atoms with Gasteiger partial charge in [0.25, 0.3) is 10.0 Å². The van der Waals surface area contributed by atoms with Crippen LogP contribution in [-0.2, 0) is 26.2 Å². The van der Waals surface area contributed by atoms with Crippen molar-refractivity contribution in [1.29, 1.82) is 0 Å². The number of halogens is 2. The molecule has 0 fully saturated rings. The van der Waals surface area contributed by atoms with Crippen LogP contribution in [0.3, 0.4) is 0 Å². The maximum Gasteiger partial charge on any atom is 0.264 e. The van der Waals surface area contributed by atoms with Crippen molar-refractivity contribution in [1.82, 2.24) is 10.2 Å². The first kappa shape index (κ1) is 27.5. The molecule has 0 saturated carbocycles. The van der Waals surface area contributed by atoms with Gasteiger partial charge in [0.05, 0.1) is 20.6 Å². The Labute approximate surface area is 221 Å². The molecule has 0 aliphatic rings. The van der Waals surface area contributed by atoms with E-state index in [2.05, 4.69) is 5.32 Å². The van der Waals surface area contributed by atoms with Crippen molar-refractivity contribution in [2.75, 3.05) is 17.9 Å². The predicted molar refractivity (Wildman–Crippen MR) is 143 cm³/mol. The molecule has 2 amide bonds. The van der Waals surface area contributed by atoms with Gasteiger partial charge < -0.3 is 10.2 Å². The van der Waals surface area contributed by atoms with Gasteiger partial charge in [-0.3, -0.25) is 13.9 Å². The van der Waals surface area contributed by atoms with Crippen molar-refractivity contribution in [2.24, 2.45) is 0 Å². The van der Waals surface area contributed by atoms with E-state index in [4.69, 9.17) is 23.2 Å². The zero-order chi connectivity index (χ0) is 26.5. The fourth-order valence-corrected chi connectivity index (χ4v) is 5.41. The van der Waals surface area contributed by atoms with E-state index in [1.807, 2.05) is 13.0 Å². The Morgan fingerprint density at radius 3 is 2.25 bits per heavy atom. The van der Waals surface area contributed by atoms with Gasteiger partial charge in [0, 0.05) is 13.6 Å². The largest absolute Gasteiger partial charge is 0.357 e. The lowest BCUT2D eigenvalue weighted by atomic mass is 10.1. The van der Waals surface area contributed by atoms with Crippen LogP contribution >= 0.6 is 23.2 Å². The summed E-state index contributed by atoms with van der Waals surface area (Å²) in [7, 11) is -2.62. The maximum atomic E-state index is 13.7. The number of aryl methyl sites for hydroxylation is 1. The van der Waals surface area contributed by atoms with Gasteiger partial charge in [-0.1, -0.05) is 59.6 Å². The van der Waals surface area contributed by atoms with E-state index < -0.39 is 34.4 Å². The van der Waals surface area contributed by atoms with E-state index in [0.29, 0.717) is 21.3 Å². The standard InChI is InChI=1S/C26H27Cl2N3O4S/c1-18-8-7-9-21(14-18)31(36(34,35)22-10-5-4-6-11-22)17-25(32)30(19(2)26(33)29-3)16-20-12-13-23(27)24(28)15-20/h4-15,19H,16-17H2,1-3H3,(H,29,33). The average molecular weight is 548 g/mol. The Kier molecular flexibility index (Phi) is 9.00. The Morgan fingerprint density at radius 1 is 0.944 bits per heavy atom. The molecule has 3 aromatic rings. The first-order valence-electron chi connectivity index (χ1n) is 11.1. The minimum absolute atomic E-state index is 0.0251. The van der Waals surface area contributed by atoms with E-state index in [9.17, 15) is 18.0 Å². The summed E-state index contributed by atoms with van der Waals surface area (Å²) in [6.07, 6.45) is 0. The van der Waals surface area contributed by atoms with E-state index in [-0.39, 0.29) is 11.4 Å². The number of nitrogens with zero attached hydrogens (tertiary/aromatic N) is 2. The van der Waals surface area contributed by atoms with Crippen LogP contribution in [0.5, 0.6) is 0 Å². The molecule has 0 bridgehead atoms. The smallest absolute Gasteiger partial charge is 0.264 e. The highest BCUT2D eigenvalue weighted by atomic mass is 35.5. The Balaban J connectivity index is 2.03. The molecular formula is C26H27Cl2N3O4S. The maximum absolute atomic E-state index is 13.7. The van der Waals surface area contributed by atoms with Crippen LogP contribution in [0, 0.1) is 6.92 Å². The predicted octanol–water partition coefficient (Wildman–Crippen LogP) is 4.66. The summed E-state index contributed by atoms with van der Waals surface area (Å²) in [5, 5.41) is 3.21. The number of likely N-dealkylation sites (N-methyl/N-ethyl adjacent to an activating group) is 1. The van der Waals surface area contributed by atoms with Gasteiger partial charge in [-0.25, -0.2) is 8.42 Å². The second-order valence-electron chi connectivity index (χ2n) is 8.22. The number of nitrogens with one attached hydrogen (secondary N) is 1. The molecule has 0 radical (unpaired) electrons. The molecule has 0 aliphatic heterocycles. The lowest BCUT2D eigenvalue weighted by Gasteiger charge is -2.32. The zero-order valence-corrected chi connectivity index (χ0v) is 22.4. The summed E-state index contributed by atoms with van der Waals surface area (Å²) in [6, 6.07) is 18.8. The zero-order valence-electron chi connectivity index (χ0n) is 20.1. The van der Waals surface area contributed by atoms with Crippen molar-refractivity contribution in [3.8, 4) is 0 Å². The van der Waals surface area contributed by atoms with Crippen LogP contribution < -0.4 is 9.62 Å². The lowest BCUT2D eigenvalue weighted by molar-refractivity contribution is -0.139. The molecule has 36 heavy (non-hydrogen) atoms. The van der Waals surface area contributed by atoms with Gasteiger partial charge in [0.15, 0.2) is 0 Å². The fraction of sp³-hybridized carbons (Fsp3) is 0.231. The first-order chi connectivity index (χ1) is 17.0. The van der Waals surface area contributed by atoms with Gasteiger partial charge in [-0.05, 0) is 61.4 Å². The van der Waals surface area contributed by atoms with E-state index in [0.717, 1.165) is 9.87 Å². The molecule has 190 valence electrons. The van der Waals surface area contributed by atoms with E-state index in [1.54, 1.807) is 61.5 Å². The quantitative estimate of drug-likeness (QED) is 0.422. The Bertz CT molecular complexity index is 1350. The topological polar surface area (TPSA) is 86.8 Å². The van der Waals surface area contributed by atoms with Crippen molar-refractivity contribution in [3.63, 3.8) is 0 Å². The Morgan fingerprint density at radius 2 is 1.64 bits per heavy atom. The van der Waals surface area contributed by atoms with Crippen molar-refractivity contribution in [2.45, 2.75) is 31.3 Å². The van der Waals surface area contributed by atoms with Gasteiger partial charge in [0.1, 0.15) is 12.6 Å². The van der Waals surface area contributed by atoms with Gasteiger partial charge >= 0.3 is 0 Å². The monoisotopic (exact) mass is 547 g/mol. The minimum Gasteiger partial charge on any atom is -0.357 e. The van der Waals surface area contributed by atoms with Crippen molar-refractivity contribution >= 4 is 50.7 Å². The third-order valence-electron chi connectivity index (χ3n) is 5.65. The number of carbonyl (C=O) groups is 2. The molecule has 7 nitrogen and oxygen atoms in total. The highest BCUT2D eigenvalue weighted by Crippen LogP contribution is 2.26. The van der Waals surface area contributed by atoms with Crippen LogP contribution in [0.15, 0.2) is 77.7 Å². The summed E-state index contributed by atoms with van der Waals surface area (Å²) >= 11 is 12.2. The molecule has 0 aromatic heterocycles. The lowest BCUT2D eigenvalue weighted by Crippen LogP contribution is -2.50. The number of sulfonamides is 1. The normalized spacial score (nSPS) is 12.0. The SMILES string of the molecule is CNC(=O)C(C)N(Cc1ccc(Cl)c(Cl)c1)C(=O)CN(c1cccc(C)c1)S(=O)(=O)c1ccccc1. The second-order valence-corrected chi connectivity index (χ2v) is 10.9. The van der Waals surface area contributed by atoms with Gasteiger partial charge in [-0.15, -0.1) is 0 Å². The van der Waals surface area contributed by atoms with Crippen LogP contribution in [0.4, 0.5) is 5.69 Å². The van der Waals surface area contributed by atoms with Gasteiger partial charge in [0.2, 0.25) is 11.8 Å². The number of benzene rings is 3. The molecule has 3 aromatic carbocycles. The highest BCUT2D eigenvalue weighted by Gasteiger charge is 2.32. The number of rotatable bonds is 9. The van der Waals surface area contributed by atoms with Crippen LogP contribution in [0.2, 0.25) is 10.0 Å². The second kappa shape index (κ2) is 11.8. The van der Waals surface area contributed by atoms with E-state index in [1.165, 1.54) is 24.1 Å². The van der Waals surface area contributed by atoms with Crippen LogP contribution in [-0.4, -0.2) is 44.8 Å². The summed E-state index contributed by atoms with van der Waals surface area (Å²) in [6.45, 7) is 2.93. The summed E-state index contributed by atoms with van der Waals surface area (Å²) < 4.78 is 28.4. The number of amides is 2. The molecule has 0 aliphatic carbocycles. The highest BCUT2D eigenvalue weighted by molar-refractivity contribution is 7.92. The molecule has 0 spiro atoms. The molecule has 3 rings (SSSR count). The third-order valence-corrected chi connectivity index (χ3v) is 8.18. The van der Waals surface area contributed by atoms with Crippen LogP contribution in [0.25, 0.3) is 0 Å². The summed E-state index contributed by atoms with van der Waals surface area (Å²) in [5.74, 6) is -0.949. The number of carbonyl (C=O) groups excluding carboxylic acids is 2. The summed E-state index contributed by atoms with van der Waals surface area (Å²) in [4.78, 5) is 27.6. The van der Waals surface area contributed by atoms with Crippen LogP contribution in [0.1, 0.15) is 18.1 Å². The molecular weight excluding hydrogens is 521 g/mol. The minimum atomic E-state index is -4.09. The molecule has 10 heteroatoms. The van der Waals surface area contributed by atoms with Gasteiger partial charge in [-0.2, -0.15) is 0 Å². The molecule has 0 heterocycles. The first-order valence-corrected chi connectivity index (χ1v) is 13.3. The summed E-state index contributed by atoms with van der Waals surface area (Å²) in [5.41, 5.74) is 1.82. The molecule has 1 N–H and O–H groups in total. The molecule has 1 unspecified atom stereocenters. The van der Waals surface area contributed by atoms with Crippen molar-refractivity contribution in [3.05, 3.63) is 94.0 Å².